The maximum Gasteiger partial charge on any atom is 0.0453 e. The van der Waals surface area contributed by atoms with E-state index in [4.69, 9.17) is 17.3 Å². The SMILES string of the molecule is CC(C)C(N)CN(C)C(C)c1ccccc1Cl. The molecule has 0 radical (unpaired) electrons. The molecule has 0 bridgehead atoms. The zero-order chi connectivity index (χ0) is 13.0. The van der Waals surface area contributed by atoms with Gasteiger partial charge < -0.3 is 5.73 Å². The molecule has 0 aliphatic carbocycles. The summed E-state index contributed by atoms with van der Waals surface area (Å²) in [6.07, 6.45) is 0. The zero-order valence-electron chi connectivity index (χ0n) is 11.2. The summed E-state index contributed by atoms with van der Waals surface area (Å²) in [5.74, 6) is 0.496. The minimum Gasteiger partial charge on any atom is -0.326 e. The van der Waals surface area contributed by atoms with Gasteiger partial charge in [0.15, 0.2) is 0 Å². The van der Waals surface area contributed by atoms with E-state index in [0.29, 0.717) is 5.92 Å². The van der Waals surface area contributed by atoms with Crippen LogP contribution in [0.5, 0.6) is 0 Å². The molecule has 0 heterocycles. The summed E-state index contributed by atoms with van der Waals surface area (Å²) >= 11 is 6.20. The molecule has 0 saturated heterocycles. The monoisotopic (exact) mass is 254 g/mol. The molecule has 1 aromatic rings. The first-order valence-corrected chi connectivity index (χ1v) is 6.51. The zero-order valence-corrected chi connectivity index (χ0v) is 11.9. The highest BCUT2D eigenvalue weighted by atomic mass is 35.5. The molecular formula is C14H23ClN2. The molecular weight excluding hydrogens is 232 g/mol. The van der Waals surface area contributed by atoms with Crippen molar-refractivity contribution >= 4 is 11.6 Å². The predicted molar refractivity (Wildman–Crippen MR) is 75.3 cm³/mol. The molecule has 1 aromatic carbocycles. The molecule has 0 fully saturated rings. The largest absolute Gasteiger partial charge is 0.326 e. The Labute approximate surface area is 110 Å². The first kappa shape index (κ1) is 14.5. The average Bonchev–Trinajstić information content (AvgIpc) is 2.28. The third-order valence-electron chi connectivity index (χ3n) is 3.37. The second-order valence-corrected chi connectivity index (χ2v) is 5.45. The number of hydrogen-bond donors (Lipinski definition) is 1. The van der Waals surface area contributed by atoms with E-state index in [-0.39, 0.29) is 12.1 Å². The fourth-order valence-corrected chi connectivity index (χ4v) is 2.05. The van der Waals surface area contributed by atoms with Crippen molar-refractivity contribution in [3.63, 3.8) is 0 Å². The summed E-state index contributed by atoms with van der Waals surface area (Å²) in [7, 11) is 2.09. The maximum absolute atomic E-state index is 6.20. The molecule has 2 nitrogen and oxygen atoms in total. The van der Waals surface area contributed by atoms with Gasteiger partial charge in [0.1, 0.15) is 0 Å². The van der Waals surface area contributed by atoms with E-state index >= 15 is 0 Å². The van der Waals surface area contributed by atoms with Crippen LogP contribution in [-0.2, 0) is 0 Å². The third kappa shape index (κ3) is 3.98. The fourth-order valence-electron chi connectivity index (χ4n) is 1.75. The molecule has 2 unspecified atom stereocenters. The molecule has 2 atom stereocenters. The van der Waals surface area contributed by atoms with Gasteiger partial charge in [0.2, 0.25) is 0 Å². The lowest BCUT2D eigenvalue weighted by Crippen LogP contribution is -2.39. The number of nitrogens with two attached hydrogens (primary N) is 1. The maximum atomic E-state index is 6.20. The number of halogens is 1. The molecule has 96 valence electrons. The highest BCUT2D eigenvalue weighted by Crippen LogP contribution is 2.26. The Morgan fingerprint density at radius 3 is 2.35 bits per heavy atom. The smallest absolute Gasteiger partial charge is 0.0453 e. The van der Waals surface area contributed by atoms with Gasteiger partial charge in [-0.15, -0.1) is 0 Å². The van der Waals surface area contributed by atoms with Gasteiger partial charge in [-0.2, -0.15) is 0 Å². The lowest BCUT2D eigenvalue weighted by Gasteiger charge is -2.29. The standard InChI is InChI=1S/C14H23ClN2/c1-10(2)14(16)9-17(4)11(3)12-7-5-6-8-13(12)15/h5-8,10-11,14H,9,16H2,1-4H3. The predicted octanol–water partition coefficient (Wildman–Crippen LogP) is 3.32. The Balaban J connectivity index is 2.70. The van der Waals surface area contributed by atoms with Crippen molar-refractivity contribution in [3.8, 4) is 0 Å². The first-order valence-electron chi connectivity index (χ1n) is 6.13. The Bertz CT molecular complexity index is 352. The van der Waals surface area contributed by atoms with Gasteiger partial charge in [-0.3, -0.25) is 4.90 Å². The second-order valence-electron chi connectivity index (χ2n) is 5.04. The van der Waals surface area contributed by atoms with Gasteiger partial charge in [-0.1, -0.05) is 43.6 Å². The molecule has 0 aliphatic rings. The molecule has 0 aromatic heterocycles. The Morgan fingerprint density at radius 2 is 1.82 bits per heavy atom. The average molecular weight is 255 g/mol. The van der Waals surface area contributed by atoms with Crippen LogP contribution in [0.25, 0.3) is 0 Å². The fraction of sp³-hybridized carbons (Fsp3) is 0.571. The van der Waals surface area contributed by atoms with Gasteiger partial charge >= 0.3 is 0 Å². The molecule has 3 heteroatoms. The van der Waals surface area contributed by atoms with Gasteiger partial charge in [-0.25, -0.2) is 0 Å². The van der Waals surface area contributed by atoms with Crippen LogP contribution in [0.3, 0.4) is 0 Å². The van der Waals surface area contributed by atoms with Crippen LogP contribution in [0.1, 0.15) is 32.4 Å². The molecule has 2 N–H and O–H groups in total. The van der Waals surface area contributed by atoms with Crippen LogP contribution in [0.15, 0.2) is 24.3 Å². The number of likely N-dealkylation sites (N-methyl/N-ethyl adjacent to an activating group) is 1. The van der Waals surface area contributed by atoms with Crippen molar-refractivity contribution in [2.24, 2.45) is 11.7 Å². The Hall–Kier alpha value is -0.570. The second kappa shape index (κ2) is 6.39. The number of benzene rings is 1. The first-order chi connectivity index (χ1) is 7.93. The third-order valence-corrected chi connectivity index (χ3v) is 3.72. The van der Waals surface area contributed by atoms with Crippen molar-refractivity contribution in [3.05, 3.63) is 34.9 Å². The summed E-state index contributed by atoms with van der Waals surface area (Å²) in [6, 6.07) is 8.47. The van der Waals surface area contributed by atoms with Crippen LogP contribution < -0.4 is 5.73 Å². The highest BCUT2D eigenvalue weighted by molar-refractivity contribution is 6.31. The lowest BCUT2D eigenvalue weighted by molar-refractivity contribution is 0.227. The molecule has 1 rings (SSSR count). The summed E-state index contributed by atoms with van der Waals surface area (Å²) in [4.78, 5) is 2.26. The summed E-state index contributed by atoms with van der Waals surface area (Å²) < 4.78 is 0. The van der Waals surface area contributed by atoms with Gasteiger partial charge in [0, 0.05) is 23.7 Å². The quantitative estimate of drug-likeness (QED) is 0.874. The number of nitrogens with zero attached hydrogens (tertiary/aromatic N) is 1. The lowest BCUT2D eigenvalue weighted by atomic mass is 10.0. The van der Waals surface area contributed by atoms with E-state index in [9.17, 15) is 0 Å². The van der Waals surface area contributed by atoms with E-state index in [1.807, 2.05) is 18.2 Å². The number of rotatable bonds is 5. The minimum absolute atomic E-state index is 0.199. The Kier molecular flexibility index (Phi) is 5.44. The van der Waals surface area contributed by atoms with Crippen molar-refractivity contribution < 1.29 is 0 Å². The molecule has 17 heavy (non-hydrogen) atoms. The Morgan fingerprint density at radius 1 is 1.24 bits per heavy atom. The summed E-state index contributed by atoms with van der Waals surface area (Å²) in [6.45, 7) is 7.34. The van der Waals surface area contributed by atoms with E-state index in [1.54, 1.807) is 0 Å². The van der Waals surface area contributed by atoms with Crippen molar-refractivity contribution in [1.82, 2.24) is 4.90 Å². The number of hydrogen-bond acceptors (Lipinski definition) is 2. The van der Waals surface area contributed by atoms with Crippen LogP contribution in [0, 0.1) is 5.92 Å². The van der Waals surface area contributed by atoms with Gasteiger partial charge in [0.05, 0.1) is 0 Å². The van der Waals surface area contributed by atoms with Crippen LogP contribution >= 0.6 is 11.6 Å². The van der Waals surface area contributed by atoms with Gasteiger partial charge in [0.25, 0.3) is 0 Å². The van der Waals surface area contributed by atoms with Crippen LogP contribution in [0.2, 0.25) is 5.02 Å². The van der Waals surface area contributed by atoms with Crippen LogP contribution in [0.4, 0.5) is 0 Å². The molecule has 0 amide bonds. The summed E-state index contributed by atoms with van der Waals surface area (Å²) in [5, 5.41) is 0.824. The van der Waals surface area contributed by atoms with E-state index in [2.05, 4.69) is 38.8 Å². The molecule has 0 spiro atoms. The van der Waals surface area contributed by atoms with Crippen LogP contribution in [-0.4, -0.2) is 24.5 Å². The van der Waals surface area contributed by atoms with Crippen molar-refractivity contribution in [2.75, 3.05) is 13.6 Å². The minimum atomic E-state index is 0.199. The van der Waals surface area contributed by atoms with E-state index < -0.39 is 0 Å². The van der Waals surface area contributed by atoms with Crippen molar-refractivity contribution in [2.45, 2.75) is 32.9 Å². The topological polar surface area (TPSA) is 29.3 Å². The van der Waals surface area contributed by atoms with Gasteiger partial charge in [-0.05, 0) is 31.5 Å². The molecule has 0 aliphatic heterocycles. The molecule has 0 saturated carbocycles. The van der Waals surface area contributed by atoms with E-state index in [0.717, 1.165) is 17.1 Å². The van der Waals surface area contributed by atoms with E-state index in [1.165, 1.54) is 0 Å². The normalized spacial score (nSPS) is 15.3. The highest BCUT2D eigenvalue weighted by Gasteiger charge is 2.17. The van der Waals surface area contributed by atoms with Crippen molar-refractivity contribution in [1.29, 1.82) is 0 Å². The summed E-state index contributed by atoms with van der Waals surface area (Å²) in [5.41, 5.74) is 7.26.